The van der Waals surface area contributed by atoms with Crippen LogP contribution in [0.5, 0.6) is 0 Å². The van der Waals surface area contributed by atoms with Crippen molar-refractivity contribution in [2.24, 2.45) is 0 Å². The van der Waals surface area contributed by atoms with Crippen molar-refractivity contribution in [1.29, 1.82) is 0 Å². The normalized spacial score (nSPS) is 11.0. The van der Waals surface area contributed by atoms with E-state index in [1.165, 1.54) is 18.2 Å². The molecule has 0 aliphatic carbocycles. The zero-order chi connectivity index (χ0) is 16.1. The van der Waals surface area contributed by atoms with Gasteiger partial charge in [0.05, 0.1) is 0 Å². The summed E-state index contributed by atoms with van der Waals surface area (Å²) in [5.74, 6) is -0.468. The number of halogens is 1. The molecule has 0 aliphatic heterocycles. The van der Waals surface area contributed by atoms with Gasteiger partial charge in [0.15, 0.2) is 0 Å². The molecule has 3 heteroatoms. The third kappa shape index (κ3) is 3.83. The highest BCUT2D eigenvalue weighted by molar-refractivity contribution is 5.92. The summed E-state index contributed by atoms with van der Waals surface area (Å²) in [6, 6.07) is 20.1. The number of carbonyl (C=O) groups excluding carboxylic acids is 1. The van der Waals surface area contributed by atoms with Crippen LogP contribution in [0.4, 0.5) is 4.39 Å². The standard InChI is InChI=1S/C20H16FNO/c21-18-11-8-15(9-12-18)10-13-20(23)22-14-17-6-3-5-16-4-1-2-7-19(16)17/h1-13H,14H2,(H,22,23)/b13-10+. The van der Waals surface area contributed by atoms with Crippen LogP contribution in [0, 0.1) is 5.82 Å². The fourth-order valence-electron chi connectivity index (χ4n) is 2.43. The molecule has 0 saturated carbocycles. The van der Waals surface area contributed by atoms with Crippen LogP contribution in [0.2, 0.25) is 0 Å². The molecule has 114 valence electrons. The summed E-state index contributed by atoms with van der Waals surface area (Å²) in [5.41, 5.74) is 1.86. The molecule has 3 aromatic rings. The van der Waals surface area contributed by atoms with Crippen molar-refractivity contribution in [3.63, 3.8) is 0 Å². The first-order valence-electron chi connectivity index (χ1n) is 7.40. The average molecular weight is 305 g/mol. The highest BCUT2D eigenvalue weighted by Crippen LogP contribution is 2.18. The zero-order valence-corrected chi connectivity index (χ0v) is 12.5. The number of nitrogens with one attached hydrogen (secondary N) is 1. The van der Waals surface area contributed by atoms with Crippen LogP contribution in [0.3, 0.4) is 0 Å². The second-order valence-corrected chi connectivity index (χ2v) is 5.24. The van der Waals surface area contributed by atoms with Gasteiger partial charge in [0, 0.05) is 12.6 Å². The molecule has 2 nitrogen and oxygen atoms in total. The highest BCUT2D eigenvalue weighted by atomic mass is 19.1. The number of hydrogen-bond donors (Lipinski definition) is 1. The van der Waals surface area contributed by atoms with Crippen molar-refractivity contribution in [2.45, 2.75) is 6.54 Å². The fraction of sp³-hybridized carbons (Fsp3) is 0.0500. The lowest BCUT2D eigenvalue weighted by Crippen LogP contribution is -2.20. The second-order valence-electron chi connectivity index (χ2n) is 5.24. The molecule has 0 fully saturated rings. The second kappa shape index (κ2) is 6.88. The van der Waals surface area contributed by atoms with Crippen LogP contribution in [0.25, 0.3) is 16.8 Å². The highest BCUT2D eigenvalue weighted by Gasteiger charge is 2.01. The number of benzene rings is 3. The molecule has 0 saturated heterocycles. The van der Waals surface area contributed by atoms with Crippen molar-refractivity contribution < 1.29 is 9.18 Å². The first kappa shape index (κ1) is 15.0. The third-order valence-electron chi connectivity index (χ3n) is 3.63. The summed E-state index contributed by atoms with van der Waals surface area (Å²) in [6.45, 7) is 0.466. The van der Waals surface area contributed by atoms with Crippen molar-refractivity contribution >= 4 is 22.8 Å². The van der Waals surface area contributed by atoms with Crippen LogP contribution in [0.15, 0.2) is 72.8 Å². The van der Waals surface area contributed by atoms with Gasteiger partial charge in [0.25, 0.3) is 0 Å². The molecule has 1 N–H and O–H groups in total. The summed E-state index contributed by atoms with van der Waals surface area (Å²) in [6.07, 6.45) is 3.12. The lowest BCUT2D eigenvalue weighted by Gasteiger charge is -2.07. The maximum absolute atomic E-state index is 12.8. The van der Waals surface area contributed by atoms with Gasteiger partial charge in [-0.3, -0.25) is 4.79 Å². The third-order valence-corrected chi connectivity index (χ3v) is 3.63. The van der Waals surface area contributed by atoms with Gasteiger partial charge in [-0.05, 0) is 40.1 Å². The van der Waals surface area contributed by atoms with Gasteiger partial charge in [-0.2, -0.15) is 0 Å². The van der Waals surface area contributed by atoms with Crippen LogP contribution in [-0.4, -0.2) is 5.91 Å². The Balaban J connectivity index is 1.65. The first-order valence-corrected chi connectivity index (χ1v) is 7.40. The molecule has 1 amide bonds. The minimum Gasteiger partial charge on any atom is -0.348 e. The molecular formula is C20H16FNO. The minimum absolute atomic E-state index is 0.178. The maximum atomic E-state index is 12.8. The maximum Gasteiger partial charge on any atom is 0.244 e. The Morgan fingerprint density at radius 3 is 2.52 bits per heavy atom. The molecule has 0 aliphatic rings. The van der Waals surface area contributed by atoms with Gasteiger partial charge in [-0.25, -0.2) is 4.39 Å². The fourth-order valence-corrected chi connectivity index (χ4v) is 2.43. The van der Waals surface area contributed by atoms with Gasteiger partial charge >= 0.3 is 0 Å². The van der Waals surface area contributed by atoms with Crippen molar-refractivity contribution in [3.8, 4) is 0 Å². The monoisotopic (exact) mass is 305 g/mol. The quantitative estimate of drug-likeness (QED) is 0.715. The Hall–Kier alpha value is -2.94. The van der Waals surface area contributed by atoms with Gasteiger partial charge in [-0.1, -0.05) is 54.6 Å². The largest absolute Gasteiger partial charge is 0.348 e. The number of rotatable bonds is 4. The Labute approximate surface area is 134 Å². The van der Waals surface area contributed by atoms with Crippen molar-refractivity contribution in [2.75, 3.05) is 0 Å². The van der Waals surface area contributed by atoms with Crippen LogP contribution in [0.1, 0.15) is 11.1 Å². The van der Waals surface area contributed by atoms with Crippen molar-refractivity contribution in [3.05, 3.63) is 89.8 Å². The van der Waals surface area contributed by atoms with Gasteiger partial charge in [0.1, 0.15) is 5.82 Å². The predicted octanol–water partition coefficient (Wildman–Crippen LogP) is 4.31. The molecule has 0 aromatic heterocycles. The van der Waals surface area contributed by atoms with Crippen LogP contribution in [-0.2, 0) is 11.3 Å². The number of hydrogen-bond acceptors (Lipinski definition) is 1. The number of carbonyl (C=O) groups is 1. The summed E-state index contributed by atoms with van der Waals surface area (Å²) < 4.78 is 12.8. The van der Waals surface area contributed by atoms with E-state index in [1.54, 1.807) is 18.2 Å². The Morgan fingerprint density at radius 2 is 1.70 bits per heavy atom. The first-order chi connectivity index (χ1) is 11.2. The topological polar surface area (TPSA) is 29.1 Å². The Kier molecular flexibility index (Phi) is 4.48. The molecule has 3 aromatic carbocycles. The van der Waals surface area contributed by atoms with Gasteiger partial charge in [-0.15, -0.1) is 0 Å². The number of fused-ring (bicyclic) bond motifs is 1. The predicted molar refractivity (Wildman–Crippen MR) is 91.2 cm³/mol. The number of amides is 1. The van der Waals surface area contributed by atoms with E-state index in [0.29, 0.717) is 6.54 Å². The van der Waals surface area contributed by atoms with E-state index >= 15 is 0 Å². The van der Waals surface area contributed by atoms with E-state index in [1.807, 2.05) is 30.3 Å². The average Bonchev–Trinajstić information content (AvgIpc) is 2.59. The molecule has 0 spiro atoms. The van der Waals surface area contributed by atoms with Crippen LogP contribution >= 0.6 is 0 Å². The Morgan fingerprint density at radius 1 is 0.957 bits per heavy atom. The van der Waals surface area contributed by atoms with Gasteiger partial charge in [0.2, 0.25) is 5.91 Å². The van der Waals surface area contributed by atoms with E-state index in [0.717, 1.165) is 21.9 Å². The van der Waals surface area contributed by atoms with Crippen LogP contribution < -0.4 is 5.32 Å². The summed E-state index contributed by atoms with van der Waals surface area (Å²) >= 11 is 0. The molecule has 0 heterocycles. The zero-order valence-electron chi connectivity index (χ0n) is 12.5. The molecule has 3 rings (SSSR count). The smallest absolute Gasteiger partial charge is 0.244 e. The van der Waals surface area contributed by atoms with Gasteiger partial charge < -0.3 is 5.32 Å². The summed E-state index contributed by atoms with van der Waals surface area (Å²) in [7, 11) is 0. The molecule has 0 atom stereocenters. The lowest BCUT2D eigenvalue weighted by atomic mass is 10.0. The van der Waals surface area contributed by atoms with E-state index in [2.05, 4.69) is 17.4 Å². The molecule has 0 radical (unpaired) electrons. The molecule has 23 heavy (non-hydrogen) atoms. The molecule has 0 bridgehead atoms. The SMILES string of the molecule is O=C(/C=C/c1ccc(F)cc1)NCc1cccc2ccccc12. The molecule has 0 unspecified atom stereocenters. The summed E-state index contributed by atoms with van der Waals surface area (Å²) in [5, 5.41) is 5.16. The van der Waals surface area contributed by atoms with Crippen molar-refractivity contribution in [1.82, 2.24) is 5.32 Å². The van der Waals surface area contributed by atoms with E-state index in [9.17, 15) is 9.18 Å². The van der Waals surface area contributed by atoms with E-state index in [4.69, 9.17) is 0 Å². The Bertz CT molecular complexity index is 848. The summed E-state index contributed by atoms with van der Waals surface area (Å²) in [4.78, 5) is 11.9. The molecular weight excluding hydrogens is 289 g/mol. The lowest BCUT2D eigenvalue weighted by molar-refractivity contribution is -0.116. The minimum atomic E-state index is -0.289. The van der Waals surface area contributed by atoms with E-state index < -0.39 is 0 Å². The van der Waals surface area contributed by atoms with E-state index in [-0.39, 0.29) is 11.7 Å².